The second-order valence-electron chi connectivity index (χ2n) is 5.70. The maximum absolute atomic E-state index is 6.14. The summed E-state index contributed by atoms with van der Waals surface area (Å²) in [6.07, 6.45) is 1.78. The number of thioether (sulfide) groups is 1. The minimum atomic E-state index is 0.203. The molecular formula is C19H15Cl4N3OS. The lowest BCUT2D eigenvalue weighted by Gasteiger charge is -2.10. The molecule has 0 spiro atoms. The van der Waals surface area contributed by atoms with Gasteiger partial charge in [-0.05, 0) is 29.8 Å². The van der Waals surface area contributed by atoms with Crippen LogP contribution in [0.4, 0.5) is 0 Å². The van der Waals surface area contributed by atoms with Crippen LogP contribution in [0.25, 0.3) is 0 Å². The number of aromatic nitrogens is 3. The minimum absolute atomic E-state index is 0.203. The van der Waals surface area contributed by atoms with Crippen LogP contribution in [-0.4, -0.2) is 14.8 Å². The Kier molecular flexibility index (Phi) is 7.55. The van der Waals surface area contributed by atoms with Gasteiger partial charge in [0.2, 0.25) is 0 Å². The molecule has 1 aromatic heterocycles. The SMILES string of the molecule is C=CCn1c(COc2cc(Cl)ccc2Cl)nnc1SCc1ccc(Cl)c(Cl)c1. The average molecular weight is 475 g/mol. The van der Waals surface area contributed by atoms with Crippen molar-refractivity contribution in [3.63, 3.8) is 0 Å². The number of halogens is 4. The second-order valence-corrected chi connectivity index (χ2v) is 8.30. The lowest BCUT2D eigenvalue weighted by Crippen LogP contribution is -2.07. The molecule has 0 unspecified atom stereocenters. The predicted octanol–water partition coefficient (Wildman–Crippen LogP) is 6.95. The molecule has 146 valence electrons. The first-order valence-corrected chi connectivity index (χ1v) is 10.6. The number of rotatable bonds is 8. The van der Waals surface area contributed by atoms with Crippen molar-refractivity contribution >= 4 is 58.2 Å². The summed E-state index contributed by atoms with van der Waals surface area (Å²) in [7, 11) is 0. The standard InChI is InChI=1S/C19H15Cl4N3OS/c1-2-7-26-18(10-27-17-9-13(20)4-6-15(17)22)24-25-19(26)28-11-12-3-5-14(21)16(23)8-12/h2-6,8-9H,1,7,10-11H2. The van der Waals surface area contributed by atoms with Gasteiger partial charge in [-0.25, -0.2) is 0 Å². The molecule has 0 aliphatic carbocycles. The van der Waals surface area contributed by atoms with E-state index in [0.717, 1.165) is 10.7 Å². The number of ether oxygens (including phenoxy) is 1. The molecule has 0 atom stereocenters. The Morgan fingerprint density at radius 2 is 1.79 bits per heavy atom. The van der Waals surface area contributed by atoms with Crippen molar-refractivity contribution in [2.75, 3.05) is 0 Å². The molecule has 2 aromatic carbocycles. The average Bonchev–Trinajstić information content (AvgIpc) is 3.05. The molecule has 0 aliphatic rings. The maximum atomic E-state index is 6.14. The highest BCUT2D eigenvalue weighted by atomic mass is 35.5. The zero-order valence-electron chi connectivity index (χ0n) is 14.5. The van der Waals surface area contributed by atoms with E-state index >= 15 is 0 Å². The lowest BCUT2D eigenvalue weighted by molar-refractivity contribution is 0.289. The number of nitrogens with zero attached hydrogens (tertiary/aromatic N) is 3. The molecule has 0 saturated heterocycles. The summed E-state index contributed by atoms with van der Waals surface area (Å²) in [5.41, 5.74) is 1.04. The first-order chi connectivity index (χ1) is 13.5. The van der Waals surface area contributed by atoms with Crippen LogP contribution < -0.4 is 4.74 Å². The Hall–Kier alpha value is -1.37. The third kappa shape index (κ3) is 5.37. The molecule has 0 N–H and O–H groups in total. The Morgan fingerprint density at radius 1 is 1.00 bits per heavy atom. The zero-order chi connectivity index (χ0) is 20.1. The third-order valence-electron chi connectivity index (χ3n) is 3.71. The van der Waals surface area contributed by atoms with Crippen LogP contribution in [0.2, 0.25) is 20.1 Å². The van der Waals surface area contributed by atoms with Crippen LogP contribution in [0, 0.1) is 0 Å². The quantitative estimate of drug-likeness (QED) is 0.261. The number of hydrogen-bond donors (Lipinski definition) is 0. The third-order valence-corrected chi connectivity index (χ3v) is 6.03. The molecule has 0 bridgehead atoms. The molecule has 9 heteroatoms. The van der Waals surface area contributed by atoms with E-state index in [9.17, 15) is 0 Å². The van der Waals surface area contributed by atoms with Crippen LogP contribution in [0.1, 0.15) is 11.4 Å². The van der Waals surface area contributed by atoms with Crippen molar-refractivity contribution in [1.29, 1.82) is 0 Å². The highest BCUT2D eigenvalue weighted by molar-refractivity contribution is 7.98. The van der Waals surface area contributed by atoms with Crippen LogP contribution in [0.15, 0.2) is 54.2 Å². The molecule has 0 aliphatic heterocycles. The maximum Gasteiger partial charge on any atom is 0.191 e. The van der Waals surface area contributed by atoms with E-state index in [1.165, 1.54) is 11.8 Å². The van der Waals surface area contributed by atoms with Gasteiger partial charge >= 0.3 is 0 Å². The summed E-state index contributed by atoms with van der Waals surface area (Å²) in [5, 5.41) is 11.4. The fourth-order valence-electron chi connectivity index (χ4n) is 2.35. The highest BCUT2D eigenvalue weighted by Crippen LogP contribution is 2.30. The van der Waals surface area contributed by atoms with Crippen molar-refractivity contribution in [2.45, 2.75) is 24.1 Å². The van der Waals surface area contributed by atoms with E-state index in [2.05, 4.69) is 16.8 Å². The molecule has 0 amide bonds. The number of hydrogen-bond acceptors (Lipinski definition) is 4. The van der Waals surface area contributed by atoms with E-state index in [0.29, 0.717) is 44.0 Å². The summed E-state index contributed by atoms with van der Waals surface area (Å²) in [5.74, 6) is 1.83. The smallest absolute Gasteiger partial charge is 0.191 e. The first kappa shape index (κ1) is 21.3. The van der Waals surface area contributed by atoms with Gasteiger partial charge in [-0.1, -0.05) is 70.3 Å². The molecular weight excluding hydrogens is 460 g/mol. The Morgan fingerprint density at radius 3 is 2.54 bits per heavy atom. The minimum Gasteiger partial charge on any atom is -0.484 e. The summed E-state index contributed by atoms with van der Waals surface area (Å²) in [6, 6.07) is 10.6. The first-order valence-electron chi connectivity index (χ1n) is 8.15. The van der Waals surface area contributed by atoms with Gasteiger partial charge in [-0.3, -0.25) is 4.57 Å². The molecule has 3 aromatic rings. The number of benzene rings is 2. The van der Waals surface area contributed by atoms with E-state index in [1.807, 2.05) is 16.7 Å². The fraction of sp³-hybridized carbons (Fsp3) is 0.158. The van der Waals surface area contributed by atoms with Crippen LogP contribution in [0.3, 0.4) is 0 Å². The molecule has 0 fully saturated rings. The van der Waals surface area contributed by atoms with Gasteiger partial charge in [-0.15, -0.1) is 16.8 Å². The second kappa shape index (κ2) is 9.90. The Labute approximate surface area is 187 Å². The molecule has 28 heavy (non-hydrogen) atoms. The van der Waals surface area contributed by atoms with E-state index < -0.39 is 0 Å². The van der Waals surface area contributed by atoms with Gasteiger partial charge in [-0.2, -0.15) is 0 Å². The van der Waals surface area contributed by atoms with Gasteiger partial charge < -0.3 is 4.74 Å². The lowest BCUT2D eigenvalue weighted by atomic mass is 10.2. The van der Waals surface area contributed by atoms with Crippen molar-refractivity contribution < 1.29 is 4.74 Å². The highest BCUT2D eigenvalue weighted by Gasteiger charge is 2.14. The number of allylic oxidation sites excluding steroid dienone is 1. The molecule has 3 rings (SSSR count). The van der Waals surface area contributed by atoms with Gasteiger partial charge in [0.15, 0.2) is 11.0 Å². The van der Waals surface area contributed by atoms with E-state index in [4.69, 9.17) is 51.1 Å². The monoisotopic (exact) mass is 473 g/mol. The Bertz CT molecular complexity index is 993. The van der Waals surface area contributed by atoms with Crippen LogP contribution in [-0.2, 0) is 18.9 Å². The molecule has 0 saturated carbocycles. The van der Waals surface area contributed by atoms with Gasteiger partial charge in [0.05, 0.1) is 15.1 Å². The van der Waals surface area contributed by atoms with Gasteiger partial charge in [0.1, 0.15) is 12.4 Å². The normalized spacial score (nSPS) is 10.9. The molecule has 4 nitrogen and oxygen atoms in total. The molecule has 1 heterocycles. The van der Waals surface area contributed by atoms with Crippen LogP contribution in [0.5, 0.6) is 5.75 Å². The summed E-state index contributed by atoms with van der Waals surface area (Å²) >= 11 is 25.7. The van der Waals surface area contributed by atoms with Crippen molar-refractivity contribution in [2.24, 2.45) is 0 Å². The summed E-state index contributed by atoms with van der Waals surface area (Å²) in [6.45, 7) is 4.56. The van der Waals surface area contributed by atoms with E-state index in [1.54, 1.807) is 30.3 Å². The van der Waals surface area contributed by atoms with Crippen LogP contribution >= 0.6 is 58.2 Å². The fourth-order valence-corrected chi connectivity index (χ4v) is 3.92. The predicted molar refractivity (Wildman–Crippen MR) is 117 cm³/mol. The summed E-state index contributed by atoms with van der Waals surface area (Å²) in [4.78, 5) is 0. The zero-order valence-corrected chi connectivity index (χ0v) is 18.4. The molecule has 0 radical (unpaired) electrons. The van der Waals surface area contributed by atoms with E-state index in [-0.39, 0.29) is 6.61 Å². The Balaban J connectivity index is 1.72. The van der Waals surface area contributed by atoms with Gasteiger partial charge in [0.25, 0.3) is 0 Å². The topological polar surface area (TPSA) is 39.9 Å². The van der Waals surface area contributed by atoms with Gasteiger partial charge in [0, 0.05) is 23.4 Å². The van der Waals surface area contributed by atoms with Crippen molar-refractivity contribution in [3.8, 4) is 5.75 Å². The van der Waals surface area contributed by atoms with Crippen molar-refractivity contribution in [1.82, 2.24) is 14.8 Å². The van der Waals surface area contributed by atoms with Crippen molar-refractivity contribution in [3.05, 3.63) is 80.5 Å². The largest absolute Gasteiger partial charge is 0.484 e. The summed E-state index contributed by atoms with van der Waals surface area (Å²) < 4.78 is 7.72.